The second-order valence-electron chi connectivity index (χ2n) is 13.3. The normalized spacial score (nSPS) is 16.5. The highest BCUT2D eigenvalue weighted by molar-refractivity contribution is 5.95. The zero-order valence-corrected chi connectivity index (χ0v) is 29.1. The number of aryl methyl sites for hydroxylation is 2. The Labute approximate surface area is 293 Å². The average Bonchev–Trinajstić information content (AvgIpc) is 3.95. The number of pyridine rings is 1. The average molecular weight is 707 g/mol. The maximum atomic E-state index is 16.3. The lowest BCUT2D eigenvalue weighted by Gasteiger charge is -2.42. The number of aliphatic hydroxyl groups excluding tert-OH is 1. The van der Waals surface area contributed by atoms with Gasteiger partial charge < -0.3 is 24.6 Å². The van der Waals surface area contributed by atoms with Crippen molar-refractivity contribution >= 4 is 34.1 Å². The van der Waals surface area contributed by atoms with E-state index < -0.39 is 40.3 Å². The standard InChI is InChI=1S/C37H44F2N6O6/c1-4-23-16-24(9-8-22(23)3)40-30-18-31(47)44(37(50)41-30)13-7-6-12-42-14-15-43(19-26(42)21-46)34-29(38)17-27-33(32(34)39)45(25-10-11-25)20-28(35(27)48)36(49)51-5-2/h8-9,16-18,20,25-26,40,46H,4-7,10-15,19,21H2,1-3H3,(H,41,50). The molecule has 0 bridgehead atoms. The quantitative estimate of drug-likeness (QED) is 0.138. The van der Waals surface area contributed by atoms with Gasteiger partial charge in [-0.1, -0.05) is 13.0 Å². The van der Waals surface area contributed by atoms with E-state index in [1.165, 1.54) is 23.4 Å². The fraction of sp³-hybridized carbons (Fsp3) is 0.459. The molecule has 2 aromatic heterocycles. The summed E-state index contributed by atoms with van der Waals surface area (Å²) in [6.45, 7) is 7.06. The van der Waals surface area contributed by atoms with Crippen LogP contribution < -0.4 is 26.9 Å². The summed E-state index contributed by atoms with van der Waals surface area (Å²) in [5, 5.41) is 13.2. The summed E-state index contributed by atoms with van der Waals surface area (Å²) < 4.78 is 39.7. The third-order valence-corrected chi connectivity index (χ3v) is 9.86. The number of aromatic amines is 1. The van der Waals surface area contributed by atoms with Gasteiger partial charge in [-0.2, -0.15) is 0 Å². The van der Waals surface area contributed by atoms with Gasteiger partial charge in [-0.05, 0) is 81.8 Å². The molecule has 3 heterocycles. The number of fused-ring (bicyclic) bond motifs is 1. The summed E-state index contributed by atoms with van der Waals surface area (Å²) in [4.78, 5) is 57.6. The van der Waals surface area contributed by atoms with Gasteiger partial charge in [-0.3, -0.25) is 24.0 Å². The zero-order valence-electron chi connectivity index (χ0n) is 29.1. The number of hydrogen-bond donors (Lipinski definition) is 3. The van der Waals surface area contributed by atoms with E-state index >= 15 is 8.78 Å². The summed E-state index contributed by atoms with van der Waals surface area (Å²) in [6, 6.07) is 7.67. The van der Waals surface area contributed by atoms with E-state index in [0.717, 1.165) is 35.6 Å². The molecule has 2 aliphatic rings. The molecule has 2 fully saturated rings. The molecule has 0 amide bonds. The Morgan fingerprint density at radius 2 is 1.82 bits per heavy atom. The van der Waals surface area contributed by atoms with Crippen LogP contribution in [0.2, 0.25) is 0 Å². The van der Waals surface area contributed by atoms with Gasteiger partial charge in [0.05, 0.1) is 30.2 Å². The van der Waals surface area contributed by atoms with Crippen molar-refractivity contribution in [3.8, 4) is 0 Å². The van der Waals surface area contributed by atoms with Crippen LogP contribution in [0.1, 0.15) is 67.1 Å². The summed E-state index contributed by atoms with van der Waals surface area (Å²) in [7, 11) is 0. The first-order valence-corrected chi connectivity index (χ1v) is 17.6. The number of hydrogen-bond acceptors (Lipinski definition) is 9. The molecule has 0 radical (unpaired) electrons. The van der Waals surface area contributed by atoms with Gasteiger partial charge in [0.15, 0.2) is 5.82 Å². The number of nitrogens with zero attached hydrogens (tertiary/aromatic N) is 4. The zero-order chi connectivity index (χ0) is 36.4. The summed E-state index contributed by atoms with van der Waals surface area (Å²) in [6.07, 6.45) is 4.78. The lowest BCUT2D eigenvalue weighted by atomic mass is 10.1. The van der Waals surface area contributed by atoms with Crippen molar-refractivity contribution in [1.82, 2.24) is 19.0 Å². The second-order valence-corrected chi connectivity index (χ2v) is 13.3. The number of H-pyrrole nitrogens is 1. The lowest BCUT2D eigenvalue weighted by molar-refractivity contribution is 0.0524. The van der Waals surface area contributed by atoms with E-state index in [1.807, 2.05) is 30.0 Å². The molecule has 1 aliphatic carbocycles. The van der Waals surface area contributed by atoms with Crippen LogP contribution in [-0.4, -0.2) is 75.5 Å². The van der Waals surface area contributed by atoms with Crippen molar-refractivity contribution in [3.05, 3.63) is 95.9 Å². The topological polar surface area (TPSA) is 142 Å². The Hall–Kier alpha value is -4.82. The maximum absolute atomic E-state index is 16.3. The van der Waals surface area contributed by atoms with E-state index in [0.29, 0.717) is 31.7 Å². The van der Waals surface area contributed by atoms with Crippen LogP contribution in [0, 0.1) is 18.6 Å². The van der Waals surface area contributed by atoms with Crippen molar-refractivity contribution in [2.45, 2.75) is 71.5 Å². The number of anilines is 3. The number of unbranched alkanes of at least 4 members (excludes halogenated alkanes) is 1. The smallest absolute Gasteiger partial charge is 0.343 e. The molecule has 1 aliphatic heterocycles. The minimum absolute atomic E-state index is 0.0512. The van der Waals surface area contributed by atoms with Crippen molar-refractivity contribution in [2.24, 2.45) is 0 Å². The molecule has 3 N–H and O–H groups in total. The highest BCUT2D eigenvalue weighted by Crippen LogP contribution is 2.40. The number of carbonyl (C=O) groups is 1. The molecular weight excluding hydrogens is 662 g/mol. The number of aromatic nitrogens is 3. The van der Waals surface area contributed by atoms with Crippen molar-refractivity contribution < 1.29 is 23.4 Å². The second kappa shape index (κ2) is 15.2. The first-order valence-electron chi connectivity index (χ1n) is 17.6. The lowest BCUT2D eigenvalue weighted by Crippen LogP contribution is -2.55. The van der Waals surface area contributed by atoms with Crippen molar-refractivity contribution in [2.75, 3.05) is 49.6 Å². The van der Waals surface area contributed by atoms with Crippen molar-refractivity contribution in [3.63, 3.8) is 0 Å². The van der Waals surface area contributed by atoms with Gasteiger partial charge in [0.2, 0.25) is 5.43 Å². The number of benzene rings is 2. The first kappa shape index (κ1) is 36.0. The van der Waals surface area contributed by atoms with E-state index in [1.54, 1.807) is 16.4 Å². The molecule has 12 nitrogen and oxygen atoms in total. The van der Waals surface area contributed by atoms with Crippen LogP contribution in [0.4, 0.5) is 26.0 Å². The molecule has 4 aromatic rings. The van der Waals surface area contributed by atoms with Gasteiger partial charge >= 0.3 is 11.7 Å². The predicted octanol–water partition coefficient (Wildman–Crippen LogP) is 4.22. The Morgan fingerprint density at radius 1 is 1.06 bits per heavy atom. The largest absolute Gasteiger partial charge is 0.462 e. The van der Waals surface area contributed by atoms with Gasteiger partial charge in [0, 0.05) is 50.2 Å². The maximum Gasteiger partial charge on any atom is 0.343 e. The third kappa shape index (κ3) is 7.47. The first-order chi connectivity index (χ1) is 24.5. The monoisotopic (exact) mass is 706 g/mol. The molecule has 272 valence electrons. The van der Waals surface area contributed by atoms with E-state index in [9.17, 15) is 24.3 Å². The summed E-state index contributed by atoms with van der Waals surface area (Å²) >= 11 is 0. The Kier molecular flexibility index (Phi) is 10.7. The molecule has 14 heteroatoms. The van der Waals surface area contributed by atoms with E-state index in [-0.39, 0.29) is 61.0 Å². The molecular formula is C37H44F2N6O6. The number of piperazine rings is 1. The molecule has 1 atom stereocenters. The molecule has 2 aromatic carbocycles. The van der Waals surface area contributed by atoms with Crippen LogP contribution >= 0.6 is 0 Å². The number of aliphatic hydroxyl groups is 1. The van der Waals surface area contributed by atoms with Gasteiger partial charge in [0.25, 0.3) is 5.56 Å². The van der Waals surface area contributed by atoms with Gasteiger partial charge in [-0.25, -0.2) is 18.4 Å². The predicted molar refractivity (Wildman–Crippen MR) is 191 cm³/mol. The number of esters is 1. The number of nitrogens with one attached hydrogen (secondary N) is 2. The van der Waals surface area contributed by atoms with E-state index in [2.05, 4.69) is 17.2 Å². The van der Waals surface area contributed by atoms with Crippen LogP contribution in [0.3, 0.4) is 0 Å². The SMILES string of the molecule is CCOC(=O)c1cn(C2CC2)c2c(F)c(N3CCN(CCCCn4c(=O)cc(Nc5ccc(C)c(CC)c5)[nH]c4=O)C(CO)C3)c(F)cc2c1=O. The number of rotatable bonds is 13. The molecule has 1 unspecified atom stereocenters. The number of halogens is 2. The summed E-state index contributed by atoms with van der Waals surface area (Å²) in [5.74, 6) is -2.32. The van der Waals surface area contributed by atoms with Crippen LogP contribution in [0.15, 0.2) is 50.9 Å². The number of carbonyl (C=O) groups excluding carboxylic acids is 1. The third-order valence-electron chi connectivity index (χ3n) is 9.86. The minimum atomic E-state index is -0.924. The molecule has 0 spiro atoms. The molecule has 51 heavy (non-hydrogen) atoms. The minimum Gasteiger partial charge on any atom is -0.462 e. The Balaban J connectivity index is 1.11. The Bertz CT molecular complexity index is 2090. The fourth-order valence-electron chi connectivity index (χ4n) is 6.95. The molecule has 6 rings (SSSR count). The van der Waals surface area contributed by atoms with Crippen LogP contribution in [0.5, 0.6) is 0 Å². The Morgan fingerprint density at radius 3 is 2.51 bits per heavy atom. The van der Waals surface area contributed by atoms with Crippen LogP contribution in [0.25, 0.3) is 10.9 Å². The molecule has 1 saturated carbocycles. The van der Waals surface area contributed by atoms with Gasteiger partial charge in [0.1, 0.15) is 22.9 Å². The highest BCUT2D eigenvalue weighted by Gasteiger charge is 2.34. The summed E-state index contributed by atoms with van der Waals surface area (Å²) in [5.41, 5.74) is 0.803. The van der Waals surface area contributed by atoms with E-state index in [4.69, 9.17) is 4.74 Å². The fourth-order valence-corrected chi connectivity index (χ4v) is 6.95. The highest BCUT2D eigenvalue weighted by atomic mass is 19.1. The molecule has 1 saturated heterocycles. The van der Waals surface area contributed by atoms with Gasteiger partial charge in [-0.15, -0.1) is 0 Å². The van der Waals surface area contributed by atoms with Crippen molar-refractivity contribution in [1.29, 1.82) is 0 Å². The number of ether oxygens (including phenoxy) is 1. The van der Waals surface area contributed by atoms with Crippen LogP contribution in [-0.2, 0) is 17.7 Å².